The molecule has 20 heavy (non-hydrogen) atoms. The summed E-state index contributed by atoms with van der Waals surface area (Å²) < 4.78 is 29.4. The highest BCUT2D eigenvalue weighted by Crippen LogP contribution is 2.32. The Balaban J connectivity index is 2.12. The molecule has 2 saturated heterocycles. The van der Waals surface area contributed by atoms with Gasteiger partial charge in [-0.25, -0.2) is 0 Å². The van der Waals surface area contributed by atoms with Gasteiger partial charge in [0.25, 0.3) is 10.2 Å². The maximum Gasteiger partial charge on any atom is 0.282 e. The first-order valence-corrected chi connectivity index (χ1v) is 9.33. The smallest absolute Gasteiger partial charge is 0.282 e. The highest BCUT2D eigenvalue weighted by atomic mass is 32.2. The number of piperidine rings is 1. The first-order valence-electron chi connectivity index (χ1n) is 7.93. The molecule has 0 saturated carbocycles. The molecule has 3 atom stereocenters. The predicted molar refractivity (Wildman–Crippen MR) is 81.8 cm³/mol. The quantitative estimate of drug-likeness (QED) is 0.836. The molecule has 6 heteroatoms. The second kappa shape index (κ2) is 6.73. The van der Waals surface area contributed by atoms with E-state index in [-0.39, 0.29) is 12.1 Å². The van der Waals surface area contributed by atoms with Crippen LogP contribution in [0, 0.1) is 5.92 Å². The number of rotatable bonds is 5. The first kappa shape index (κ1) is 16.2. The van der Waals surface area contributed by atoms with Crippen molar-refractivity contribution in [1.82, 2.24) is 13.9 Å². The maximum absolute atomic E-state index is 12.9. The number of hydrogen-bond acceptors (Lipinski definition) is 3. The molecular weight excluding hydrogens is 274 g/mol. The molecule has 2 rings (SSSR count). The van der Waals surface area contributed by atoms with Gasteiger partial charge in [0.1, 0.15) is 0 Å². The third-order valence-corrected chi connectivity index (χ3v) is 6.93. The van der Waals surface area contributed by atoms with Gasteiger partial charge in [0.15, 0.2) is 0 Å². The van der Waals surface area contributed by atoms with Gasteiger partial charge in [-0.2, -0.15) is 17.0 Å². The average molecular weight is 303 g/mol. The lowest BCUT2D eigenvalue weighted by Crippen LogP contribution is -2.52. The Morgan fingerprint density at radius 1 is 1.25 bits per heavy atom. The Kier molecular flexibility index (Phi) is 5.45. The zero-order valence-electron chi connectivity index (χ0n) is 13.0. The third kappa shape index (κ3) is 3.18. The minimum atomic E-state index is -3.28. The molecule has 1 N–H and O–H groups in total. The van der Waals surface area contributed by atoms with Crippen LogP contribution in [0.4, 0.5) is 0 Å². The first-order chi connectivity index (χ1) is 9.50. The molecule has 2 fully saturated rings. The van der Waals surface area contributed by atoms with Crippen molar-refractivity contribution < 1.29 is 8.42 Å². The largest absolute Gasteiger partial charge is 0.319 e. The number of hydrogen-bond donors (Lipinski definition) is 1. The van der Waals surface area contributed by atoms with Gasteiger partial charge in [-0.3, -0.25) is 0 Å². The van der Waals surface area contributed by atoms with Crippen molar-refractivity contribution in [1.29, 1.82) is 0 Å². The summed E-state index contributed by atoms with van der Waals surface area (Å²) in [7, 11) is -1.35. The van der Waals surface area contributed by atoms with Gasteiger partial charge in [0, 0.05) is 25.2 Å². The summed E-state index contributed by atoms with van der Waals surface area (Å²) >= 11 is 0. The zero-order valence-corrected chi connectivity index (χ0v) is 13.8. The third-order valence-electron chi connectivity index (χ3n) is 4.75. The second-order valence-electron chi connectivity index (χ2n) is 6.25. The number of nitrogens with zero attached hydrogens (tertiary/aromatic N) is 2. The van der Waals surface area contributed by atoms with Crippen molar-refractivity contribution in [3.05, 3.63) is 0 Å². The van der Waals surface area contributed by atoms with Crippen molar-refractivity contribution in [2.24, 2.45) is 5.92 Å². The van der Waals surface area contributed by atoms with E-state index in [1.807, 2.05) is 14.0 Å². The lowest BCUT2D eigenvalue weighted by atomic mass is 10.00. The Hall–Kier alpha value is -0.170. The highest BCUT2D eigenvalue weighted by Gasteiger charge is 2.42. The molecule has 0 aromatic carbocycles. The monoisotopic (exact) mass is 303 g/mol. The molecule has 2 heterocycles. The standard InChI is InChI=1S/C14H29N3O2S/c1-4-14-8-7-12(2)17(14)20(18,19)16-9-5-6-13(11-16)10-15-3/h12-15H,4-11H2,1-3H3. The highest BCUT2D eigenvalue weighted by molar-refractivity contribution is 7.86. The van der Waals surface area contributed by atoms with E-state index in [2.05, 4.69) is 12.2 Å². The molecule has 0 aromatic rings. The molecule has 2 aliphatic rings. The Morgan fingerprint density at radius 3 is 2.65 bits per heavy atom. The molecule has 118 valence electrons. The molecule has 0 aliphatic carbocycles. The van der Waals surface area contributed by atoms with Crippen LogP contribution in [0.5, 0.6) is 0 Å². The van der Waals surface area contributed by atoms with Gasteiger partial charge >= 0.3 is 0 Å². The fourth-order valence-electron chi connectivity index (χ4n) is 3.67. The second-order valence-corrected chi connectivity index (χ2v) is 8.08. The minimum absolute atomic E-state index is 0.148. The van der Waals surface area contributed by atoms with E-state index in [0.717, 1.165) is 38.6 Å². The molecule has 0 amide bonds. The van der Waals surface area contributed by atoms with E-state index >= 15 is 0 Å². The summed E-state index contributed by atoms with van der Waals surface area (Å²) in [5.74, 6) is 0.446. The summed E-state index contributed by atoms with van der Waals surface area (Å²) in [5, 5.41) is 3.17. The molecule has 5 nitrogen and oxygen atoms in total. The van der Waals surface area contributed by atoms with Gasteiger partial charge in [0.2, 0.25) is 0 Å². The lowest BCUT2D eigenvalue weighted by molar-refractivity contribution is 0.229. The summed E-state index contributed by atoms with van der Waals surface area (Å²) in [4.78, 5) is 0. The van der Waals surface area contributed by atoms with Crippen LogP contribution < -0.4 is 5.32 Å². The topological polar surface area (TPSA) is 52.7 Å². The van der Waals surface area contributed by atoms with E-state index in [1.165, 1.54) is 0 Å². The number of nitrogens with one attached hydrogen (secondary N) is 1. The molecule has 3 unspecified atom stereocenters. The molecule has 0 bridgehead atoms. The van der Waals surface area contributed by atoms with Crippen LogP contribution in [-0.4, -0.2) is 55.8 Å². The van der Waals surface area contributed by atoms with Crippen molar-refractivity contribution in [2.45, 2.75) is 58.0 Å². The van der Waals surface area contributed by atoms with Gasteiger partial charge in [-0.05, 0) is 58.5 Å². The van der Waals surface area contributed by atoms with Gasteiger partial charge in [-0.15, -0.1) is 0 Å². The van der Waals surface area contributed by atoms with Crippen LogP contribution in [0.3, 0.4) is 0 Å². The van der Waals surface area contributed by atoms with Crippen LogP contribution in [0.15, 0.2) is 0 Å². The van der Waals surface area contributed by atoms with Crippen LogP contribution in [0.25, 0.3) is 0 Å². The predicted octanol–water partition coefficient (Wildman–Crippen LogP) is 1.43. The van der Waals surface area contributed by atoms with Crippen molar-refractivity contribution in [2.75, 3.05) is 26.7 Å². The van der Waals surface area contributed by atoms with Crippen molar-refractivity contribution in [3.8, 4) is 0 Å². The van der Waals surface area contributed by atoms with Gasteiger partial charge < -0.3 is 5.32 Å². The van der Waals surface area contributed by atoms with Crippen LogP contribution >= 0.6 is 0 Å². The molecule has 0 radical (unpaired) electrons. The van der Waals surface area contributed by atoms with Crippen LogP contribution in [-0.2, 0) is 10.2 Å². The SMILES string of the molecule is CCC1CCC(C)N1S(=O)(=O)N1CCCC(CNC)C1. The fraction of sp³-hybridized carbons (Fsp3) is 1.00. The molecular formula is C14H29N3O2S. The minimum Gasteiger partial charge on any atom is -0.319 e. The summed E-state index contributed by atoms with van der Waals surface area (Å²) in [6, 6.07) is 0.342. The van der Waals surface area contributed by atoms with E-state index in [1.54, 1.807) is 8.61 Å². The Labute approximate surface area is 123 Å². The van der Waals surface area contributed by atoms with E-state index in [4.69, 9.17) is 0 Å². The normalized spacial score (nSPS) is 33.6. The Morgan fingerprint density at radius 2 is 2.00 bits per heavy atom. The lowest BCUT2D eigenvalue weighted by Gasteiger charge is -2.37. The van der Waals surface area contributed by atoms with Crippen LogP contribution in [0.2, 0.25) is 0 Å². The van der Waals surface area contributed by atoms with Crippen molar-refractivity contribution in [3.63, 3.8) is 0 Å². The van der Waals surface area contributed by atoms with E-state index in [9.17, 15) is 8.42 Å². The van der Waals surface area contributed by atoms with Gasteiger partial charge in [-0.1, -0.05) is 6.92 Å². The van der Waals surface area contributed by atoms with E-state index in [0.29, 0.717) is 19.0 Å². The van der Waals surface area contributed by atoms with E-state index < -0.39 is 10.2 Å². The average Bonchev–Trinajstić information content (AvgIpc) is 2.81. The van der Waals surface area contributed by atoms with Crippen LogP contribution in [0.1, 0.15) is 46.0 Å². The maximum atomic E-state index is 12.9. The Bertz CT molecular complexity index is 411. The summed E-state index contributed by atoms with van der Waals surface area (Å²) in [6.45, 7) is 6.39. The van der Waals surface area contributed by atoms with Crippen molar-refractivity contribution >= 4 is 10.2 Å². The molecule has 0 spiro atoms. The summed E-state index contributed by atoms with van der Waals surface area (Å²) in [6.07, 6.45) is 5.01. The zero-order chi connectivity index (χ0) is 14.8. The fourth-order valence-corrected chi connectivity index (χ4v) is 5.89. The molecule has 2 aliphatic heterocycles. The molecule has 0 aromatic heterocycles. The van der Waals surface area contributed by atoms with Gasteiger partial charge in [0.05, 0.1) is 0 Å². The summed E-state index contributed by atoms with van der Waals surface area (Å²) in [5.41, 5.74) is 0.